The zero-order valence-electron chi connectivity index (χ0n) is 12.3. The van der Waals surface area contributed by atoms with Gasteiger partial charge in [0.1, 0.15) is 0 Å². The Morgan fingerprint density at radius 1 is 1.18 bits per heavy atom. The molecule has 1 aliphatic rings. The first-order valence-corrected chi connectivity index (χ1v) is 7.63. The highest BCUT2D eigenvalue weighted by Gasteiger charge is 2.23. The summed E-state index contributed by atoms with van der Waals surface area (Å²) in [6, 6.07) is 0.784. The molecule has 0 aliphatic heterocycles. The van der Waals surface area contributed by atoms with E-state index >= 15 is 0 Å². The summed E-state index contributed by atoms with van der Waals surface area (Å²) >= 11 is 0. The number of likely N-dealkylation sites (N-methyl/N-ethyl adjacent to an activating group) is 1. The Balaban J connectivity index is 2.18. The van der Waals surface area contributed by atoms with Gasteiger partial charge < -0.3 is 10.2 Å². The van der Waals surface area contributed by atoms with Crippen LogP contribution in [0.5, 0.6) is 0 Å². The van der Waals surface area contributed by atoms with Gasteiger partial charge in [-0.15, -0.1) is 0 Å². The molecule has 0 heterocycles. The molecule has 0 radical (unpaired) electrons. The zero-order chi connectivity index (χ0) is 12.7. The van der Waals surface area contributed by atoms with Crippen LogP contribution in [0.25, 0.3) is 0 Å². The topological polar surface area (TPSA) is 15.3 Å². The summed E-state index contributed by atoms with van der Waals surface area (Å²) in [6.07, 6.45) is 5.66. The van der Waals surface area contributed by atoms with E-state index in [4.69, 9.17) is 0 Å². The van der Waals surface area contributed by atoms with Gasteiger partial charge in [0.2, 0.25) is 0 Å². The van der Waals surface area contributed by atoms with Crippen LogP contribution in [0.1, 0.15) is 53.4 Å². The van der Waals surface area contributed by atoms with Gasteiger partial charge in [0, 0.05) is 19.1 Å². The van der Waals surface area contributed by atoms with Crippen LogP contribution in [-0.2, 0) is 0 Å². The van der Waals surface area contributed by atoms with Crippen molar-refractivity contribution in [2.45, 2.75) is 59.4 Å². The standard InChI is InChI=1S/C15H32N2/c1-5-17(6-2)11-10-16-15-9-7-8-14(12-15)13(3)4/h13-16H,5-12H2,1-4H3. The fourth-order valence-electron chi connectivity index (χ4n) is 2.99. The van der Waals surface area contributed by atoms with E-state index in [0.717, 1.165) is 24.4 Å². The van der Waals surface area contributed by atoms with Crippen molar-refractivity contribution in [1.82, 2.24) is 10.2 Å². The van der Waals surface area contributed by atoms with Crippen molar-refractivity contribution in [2.24, 2.45) is 11.8 Å². The minimum atomic E-state index is 0.784. The zero-order valence-corrected chi connectivity index (χ0v) is 12.3. The van der Waals surface area contributed by atoms with Gasteiger partial charge in [0.05, 0.1) is 0 Å². The summed E-state index contributed by atoms with van der Waals surface area (Å²) in [5.74, 6) is 1.82. The maximum Gasteiger partial charge on any atom is 0.0107 e. The molecule has 2 nitrogen and oxygen atoms in total. The highest BCUT2D eigenvalue weighted by molar-refractivity contribution is 4.79. The molecule has 0 aromatic carbocycles. The molecule has 0 spiro atoms. The van der Waals surface area contributed by atoms with Crippen LogP contribution >= 0.6 is 0 Å². The second-order valence-electron chi connectivity index (χ2n) is 5.85. The Hall–Kier alpha value is -0.0800. The lowest BCUT2D eigenvalue weighted by molar-refractivity contribution is 0.222. The Morgan fingerprint density at radius 2 is 1.88 bits per heavy atom. The van der Waals surface area contributed by atoms with Crippen LogP contribution in [0.4, 0.5) is 0 Å². The number of nitrogens with zero attached hydrogens (tertiary/aromatic N) is 1. The van der Waals surface area contributed by atoms with E-state index in [9.17, 15) is 0 Å². The number of hydrogen-bond donors (Lipinski definition) is 1. The van der Waals surface area contributed by atoms with Crippen molar-refractivity contribution in [3.63, 3.8) is 0 Å². The van der Waals surface area contributed by atoms with Crippen molar-refractivity contribution in [2.75, 3.05) is 26.2 Å². The van der Waals surface area contributed by atoms with Crippen molar-refractivity contribution >= 4 is 0 Å². The molecule has 0 aromatic rings. The molecule has 2 heteroatoms. The molecule has 1 fully saturated rings. The van der Waals surface area contributed by atoms with Crippen molar-refractivity contribution in [1.29, 1.82) is 0 Å². The maximum absolute atomic E-state index is 3.76. The summed E-state index contributed by atoms with van der Waals surface area (Å²) in [4.78, 5) is 2.50. The number of hydrogen-bond acceptors (Lipinski definition) is 2. The SMILES string of the molecule is CCN(CC)CCNC1CCCC(C(C)C)C1. The number of nitrogens with one attached hydrogen (secondary N) is 1. The van der Waals surface area contributed by atoms with Crippen LogP contribution in [0.15, 0.2) is 0 Å². The number of rotatable bonds is 7. The van der Waals surface area contributed by atoms with Gasteiger partial charge in [0.15, 0.2) is 0 Å². The third-order valence-corrected chi connectivity index (χ3v) is 4.41. The van der Waals surface area contributed by atoms with E-state index < -0.39 is 0 Å². The molecule has 17 heavy (non-hydrogen) atoms. The van der Waals surface area contributed by atoms with Crippen LogP contribution in [0.2, 0.25) is 0 Å². The molecule has 0 aromatic heterocycles. The smallest absolute Gasteiger partial charge is 0.0107 e. The van der Waals surface area contributed by atoms with E-state index in [1.807, 2.05) is 0 Å². The molecule has 2 atom stereocenters. The fourth-order valence-corrected chi connectivity index (χ4v) is 2.99. The molecule has 1 aliphatic carbocycles. The molecule has 1 N–H and O–H groups in total. The molecular formula is C15H32N2. The third-order valence-electron chi connectivity index (χ3n) is 4.41. The largest absolute Gasteiger partial charge is 0.313 e. The Labute approximate surface area is 108 Å². The second kappa shape index (κ2) is 8.10. The fraction of sp³-hybridized carbons (Fsp3) is 1.00. The summed E-state index contributed by atoms with van der Waals surface area (Å²) in [7, 11) is 0. The van der Waals surface area contributed by atoms with E-state index in [1.165, 1.54) is 45.3 Å². The Morgan fingerprint density at radius 3 is 2.47 bits per heavy atom. The van der Waals surface area contributed by atoms with Gasteiger partial charge in [-0.25, -0.2) is 0 Å². The van der Waals surface area contributed by atoms with Crippen molar-refractivity contribution in [3.05, 3.63) is 0 Å². The second-order valence-corrected chi connectivity index (χ2v) is 5.85. The minimum absolute atomic E-state index is 0.784. The van der Waals surface area contributed by atoms with Crippen LogP contribution < -0.4 is 5.32 Å². The van der Waals surface area contributed by atoms with Crippen molar-refractivity contribution in [3.8, 4) is 0 Å². The summed E-state index contributed by atoms with van der Waals surface area (Å²) < 4.78 is 0. The molecule has 0 amide bonds. The van der Waals surface area contributed by atoms with Gasteiger partial charge in [-0.3, -0.25) is 0 Å². The minimum Gasteiger partial charge on any atom is -0.313 e. The van der Waals surface area contributed by atoms with Crippen LogP contribution in [0.3, 0.4) is 0 Å². The maximum atomic E-state index is 3.76. The molecular weight excluding hydrogens is 208 g/mol. The lowest BCUT2D eigenvalue weighted by atomic mass is 9.79. The first-order valence-electron chi connectivity index (χ1n) is 7.63. The first-order chi connectivity index (χ1) is 8.17. The van der Waals surface area contributed by atoms with Gasteiger partial charge in [0.25, 0.3) is 0 Å². The lowest BCUT2D eigenvalue weighted by Gasteiger charge is -2.32. The first kappa shape index (κ1) is 15.0. The van der Waals surface area contributed by atoms with E-state index in [0.29, 0.717) is 0 Å². The van der Waals surface area contributed by atoms with Gasteiger partial charge >= 0.3 is 0 Å². The quantitative estimate of drug-likeness (QED) is 0.735. The van der Waals surface area contributed by atoms with Gasteiger partial charge in [-0.2, -0.15) is 0 Å². The van der Waals surface area contributed by atoms with E-state index in [2.05, 4.69) is 37.9 Å². The van der Waals surface area contributed by atoms with E-state index in [1.54, 1.807) is 0 Å². The van der Waals surface area contributed by atoms with Crippen LogP contribution in [0, 0.1) is 11.8 Å². The molecule has 102 valence electrons. The molecule has 2 unspecified atom stereocenters. The average molecular weight is 240 g/mol. The predicted molar refractivity (Wildman–Crippen MR) is 76.4 cm³/mol. The predicted octanol–water partition coefficient (Wildman–Crippen LogP) is 3.13. The van der Waals surface area contributed by atoms with Gasteiger partial charge in [-0.1, -0.05) is 40.5 Å². The molecule has 0 bridgehead atoms. The Kier molecular flexibility index (Phi) is 7.14. The monoisotopic (exact) mass is 240 g/mol. The van der Waals surface area contributed by atoms with E-state index in [-0.39, 0.29) is 0 Å². The molecule has 1 saturated carbocycles. The molecule has 0 saturated heterocycles. The van der Waals surface area contributed by atoms with Crippen molar-refractivity contribution < 1.29 is 0 Å². The van der Waals surface area contributed by atoms with Crippen LogP contribution in [-0.4, -0.2) is 37.1 Å². The third kappa shape index (κ3) is 5.39. The average Bonchev–Trinajstić information content (AvgIpc) is 2.35. The normalized spacial score (nSPS) is 25.8. The summed E-state index contributed by atoms with van der Waals surface area (Å²) in [5, 5.41) is 3.76. The lowest BCUT2D eigenvalue weighted by Crippen LogP contribution is -2.40. The highest BCUT2D eigenvalue weighted by Crippen LogP contribution is 2.29. The molecule has 1 rings (SSSR count). The summed E-state index contributed by atoms with van der Waals surface area (Å²) in [5.41, 5.74) is 0. The summed E-state index contributed by atoms with van der Waals surface area (Å²) in [6.45, 7) is 14.0. The highest BCUT2D eigenvalue weighted by atomic mass is 15.1. The van der Waals surface area contributed by atoms with Gasteiger partial charge in [-0.05, 0) is 37.8 Å². The Bertz CT molecular complexity index is 187.